The van der Waals surface area contributed by atoms with Gasteiger partial charge in [-0.1, -0.05) is 127 Å². The summed E-state index contributed by atoms with van der Waals surface area (Å²) in [7, 11) is 0. The summed E-state index contributed by atoms with van der Waals surface area (Å²) in [6.07, 6.45) is 0.914. The molecule has 0 saturated carbocycles. The third-order valence-electron chi connectivity index (χ3n) is 6.08. The number of aldehydes is 1. The van der Waals surface area contributed by atoms with Gasteiger partial charge in [-0.15, -0.1) is 0 Å². The van der Waals surface area contributed by atoms with Crippen molar-refractivity contribution >= 4 is 6.29 Å². The van der Waals surface area contributed by atoms with Crippen molar-refractivity contribution < 1.29 is 4.79 Å². The molecule has 0 saturated heterocycles. The molecule has 0 aliphatic carbocycles. The van der Waals surface area contributed by atoms with Crippen LogP contribution >= 0.6 is 0 Å². The molecule has 1 heteroatoms. The predicted molar refractivity (Wildman–Crippen MR) is 137 cm³/mol. The third-order valence-corrected chi connectivity index (χ3v) is 6.08. The Bertz CT molecular complexity index is 1250. The average molecular weight is 425 g/mol. The van der Waals surface area contributed by atoms with Crippen LogP contribution in [-0.2, 0) is 0 Å². The maximum absolute atomic E-state index is 11.5. The van der Waals surface area contributed by atoms with E-state index in [4.69, 9.17) is 0 Å². The molecule has 5 aromatic carbocycles. The smallest absolute Gasteiger partial charge is 0.150 e. The zero-order valence-corrected chi connectivity index (χ0v) is 18.3. The maximum atomic E-state index is 11.5. The van der Waals surface area contributed by atoms with Gasteiger partial charge in [-0.2, -0.15) is 0 Å². The molecule has 5 aromatic rings. The van der Waals surface area contributed by atoms with Crippen LogP contribution in [0.4, 0.5) is 0 Å². The fourth-order valence-electron chi connectivity index (χ4n) is 4.39. The maximum Gasteiger partial charge on any atom is 0.150 e. The minimum atomic E-state index is 0.0412. The summed E-state index contributed by atoms with van der Waals surface area (Å²) in [6, 6.07) is 46.3. The van der Waals surface area contributed by atoms with E-state index in [-0.39, 0.29) is 5.92 Å². The molecule has 0 spiro atoms. The van der Waals surface area contributed by atoms with Crippen LogP contribution in [0.2, 0.25) is 0 Å². The molecule has 0 aliphatic rings. The Labute approximate surface area is 195 Å². The topological polar surface area (TPSA) is 17.1 Å². The Kier molecular flexibility index (Phi) is 5.95. The molecular formula is C32H24O. The molecule has 0 aromatic heterocycles. The van der Waals surface area contributed by atoms with Gasteiger partial charge in [0.2, 0.25) is 0 Å². The van der Waals surface area contributed by atoms with Gasteiger partial charge in [0.25, 0.3) is 0 Å². The monoisotopic (exact) mass is 424 g/mol. The molecule has 5 rings (SSSR count). The van der Waals surface area contributed by atoms with Gasteiger partial charge in [0.1, 0.15) is 6.29 Å². The van der Waals surface area contributed by atoms with Gasteiger partial charge >= 0.3 is 0 Å². The minimum absolute atomic E-state index is 0.0412. The van der Waals surface area contributed by atoms with Crippen LogP contribution in [0.3, 0.4) is 0 Å². The summed E-state index contributed by atoms with van der Waals surface area (Å²) in [5.41, 5.74) is 9.00. The second-order valence-corrected chi connectivity index (χ2v) is 8.20. The Morgan fingerprint density at radius 3 is 1.33 bits per heavy atom. The van der Waals surface area contributed by atoms with Gasteiger partial charge in [0.05, 0.1) is 0 Å². The number of rotatable bonds is 6. The van der Waals surface area contributed by atoms with Gasteiger partial charge in [0.15, 0.2) is 0 Å². The van der Waals surface area contributed by atoms with Gasteiger partial charge in [0, 0.05) is 11.5 Å². The number of carbonyl (C=O) groups is 1. The quantitative estimate of drug-likeness (QED) is 0.199. The van der Waals surface area contributed by atoms with E-state index in [0.29, 0.717) is 5.56 Å². The van der Waals surface area contributed by atoms with E-state index in [1.807, 2.05) is 30.3 Å². The zero-order chi connectivity index (χ0) is 22.5. The van der Waals surface area contributed by atoms with Crippen molar-refractivity contribution in [2.24, 2.45) is 0 Å². The van der Waals surface area contributed by atoms with Crippen LogP contribution in [-0.4, -0.2) is 6.29 Å². The Morgan fingerprint density at radius 1 is 0.424 bits per heavy atom. The molecule has 0 fully saturated rings. The number of hydrogen-bond acceptors (Lipinski definition) is 1. The second kappa shape index (κ2) is 9.50. The molecule has 0 heterocycles. The first-order valence-electron chi connectivity index (χ1n) is 11.2. The predicted octanol–water partition coefficient (Wildman–Crippen LogP) is 8.01. The molecule has 158 valence electrons. The summed E-state index contributed by atoms with van der Waals surface area (Å²) >= 11 is 0. The highest BCUT2D eigenvalue weighted by atomic mass is 16.1. The van der Waals surface area contributed by atoms with E-state index in [1.165, 1.54) is 33.4 Å². The number of hydrogen-bond donors (Lipinski definition) is 0. The molecule has 0 unspecified atom stereocenters. The largest absolute Gasteiger partial charge is 0.298 e. The van der Waals surface area contributed by atoms with Crippen molar-refractivity contribution in [3.63, 3.8) is 0 Å². The van der Waals surface area contributed by atoms with Crippen molar-refractivity contribution in [3.8, 4) is 22.3 Å². The summed E-state index contributed by atoms with van der Waals surface area (Å²) in [5.74, 6) is 0.0412. The second-order valence-electron chi connectivity index (χ2n) is 8.20. The van der Waals surface area contributed by atoms with Crippen LogP contribution in [0, 0.1) is 0 Å². The van der Waals surface area contributed by atoms with E-state index in [9.17, 15) is 4.79 Å². The first-order valence-corrected chi connectivity index (χ1v) is 11.2. The summed E-state index contributed by atoms with van der Waals surface area (Å²) in [6.45, 7) is 0. The summed E-state index contributed by atoms with van der Waals surface area (Å²) < 4.78 is 0. The lowest BCUT2D eigenvalue weighted by Gasteiger charge is -2.20. The third kappa shape index (κ3) is 4.53. The van der Waals surface area contributed by atoms with Crippen LogP contribution < -0.4 is 0 Å². The first-order chi connectivity index (χ1) is 16.3. The molecule has 0 bridgehead atoms. The molecule has 0 N–H and O–H groups in total. The lowest BCUT2D eigenvalue weighted by molar-refractivity contribution is 0.112. The van der Waals surface area contributed by atoms with Gasteiger partial charge in [-0.3, -0.25) is 4.79 Å². The molecule has 33 heavy (non-hydrogen) atoms. The normalized spacial score (nSPS) is 10.8. The highest BCUT2D eigenvalue weighted by Gasteiger charge is 2.17. The SMILES string of the molecule is O=Cc1cccc(C(c2ccc(-c3ccccc3)cc2)c2ccc(-c3ccccc3)cc2)c1. The van der Waals surface area contributed by atoms with Gasteiger partial charge in [-0.05, 0) is 45.0 Å². The first kappa shape index (κ1) is 20.7. The van der Waals surface area contributed by atoms with Crippen molar-refractivity contribution in [2.75, 3.05) is 0 Å². The Balaban J connectivity index is 1.56. The lowest BCUT2D eigenvalue weighted by Crippen LogP contribution is -2.04. The number of carbonyl (C=O) groups excluding carboxylic acids is 1. The minimum Gasteiger partial charge on any atom is -0.298 e. The molecule has 0 amide bonds. The average Bonchev–Trinajstić information content (AvgIpc) is 2.91. The van der Waals surface area contributed by atoms with Crippen molar-refractivity contribution in [1.29, 1.82) is 0 Å². The molecule has 0 atom stereocenters. The summed E-state index contributed by atoms with van der Waals surface area (Å²) in [4.78, 5) is 11.5. The zero-order valence-electron chi connectivity index (χ0n) is 18.3. The van der Waals surface area contributed by atoms with E-state index < -0.39 is 0 Å². The van der Waals surface area contributed by atoms with Crippen LogP contribution in [0.1, 0.15) is 33.0 Å². The standard InChI is InChI=1S/C32H24O/c33-23-24-8-7-13-31(22-24)32(29-18-14-27(15-19-29)25-9-3-1-4-10-25)30-20-16-28(17-21-30)26-11-5-2-6-12-26/h1-23,32H. The fourth-order valence-corrected chi connectivity index (χ4v) is 4.39. The van der Waals surface area contributed by atoms with Gasteiger partial charge < -0.3 is 0 Å². The van der Waals surface area contributed by atoms with Gasteiger partial charge in [-0.25, -0.2) is 0 Å². The van der Waals surface area contributed by atoms with E-state index >= 15 is 0 Å². The molecule has 0 aliphatic heterocycles. The van der Waals surface area contributed by atoms with Crippen LogP contribution in [0.5, 0.6) is 0 Å². The highest BCUT2D eigenvalue weighted by molar-refractivity contribution is 5.75. The number of benzene rings is 5. The lowest BCUT2D eigenvalue weighted by atomic mass is 9.83. The molecule has 0 radical (unpaired) electrons. The van der Waals surface area contributed by atoms with E-state index in [2.05, 4.69) is 103 Å². The Morgan fingerprint density at radius 2 is 0.879 bits per heavy atom. The van der Waals surface area contributed by atoms with Crippen LogP contribution in [0.25, 0.3) is 22.3 Å². The van der Waals surface area contributed by atoms with Crippen molar-refractivity contribution in [3.05, 3.63) is 156 Å². The molecule has 1 nitrogen and oxygen atoms in total. The highest BCUT2D eigenvalue weighted by Crippen LogP contribution is 2.34. The summed E-state index contributed by atoms with van der Waals surface area (Å²) in [5, 5.41) is 0. The fraction of sp³-hybridized carbons (Fsp3) is 0.0312. The van der Waals surface area contributed by atoms with Crippen molar-refractivity contribution in [1.82, 2.24) is 0 Å². The van der Waals surface area contributed by atoms with Crippen LogP contribution in [0.15, 0.2) is 133 Å². The Hall–Kier alpha value is -4.23. The van der Waals surface area contributed by atoms with Crippen molar-refractivity contribution in [2.45, 2.75) is 5.92 Å². The van der Waals surface area contributed by atoms with E-state index in [0.717, 1.165) is 11.8 Å². The van der Waals surface area contributed by atoms with E-state index in [1.54, 1.807) is 0 Å². The molecular weight excluding hydrogens is 400 g/mol.